The fourth-order valence-corrected chi connectivity index (χ4v) is 9.70. The van der Waals surface area contributed by atoms with Crippen molar-refractivity contribution >= 4 is 34.7 Å². The zero-order valence-corrected chi connectivity index (χ0v) is 27.8. The van der Waals surface area contributed by atoms with Crippen LogP contribution in [0.4, 0.5) is 0 Å². The maximum Gasteiger partial charge on any atom is 0.151 e. The second-order valence-corrected chi connectivity index (χ2v) is 14.4. The first-order chi connectivity index (χ1) is 22.0. The summed E-state index contributed by atoms with van der Waals surface area (Å²) >= 11 is 5.60. The van der Waals surface area contributed by atoms with Crippen LogP contribution in [0, 0.1) is 86.8 Å². The third kappa shape index (κ3) is 5.78. The van der Waals surface area contributed by atoms with E-state index in [1.165, 1.54) is 0 Å². The summed E-state index contributed by atoms with van der Waals surface area (Å²) in [6.45, 7) is 8.90. The lowest BCUT2D eigenvalue weighted by Crippen LogP contribution is -2.41. The van der Waals surface area contributed by atoms with E-state index in [-0.39, 0.29) is 58.6 Å². The highest BCUT2D eigenvalue weighted by molar-refractivity contribution is 6.30. The van der Waals surface area contributed by atoms with Gasteiger partial charge in [0.1, 0.15) is 23.4 Å². The molecular weight excluding hydrogens is 596 g/mol. The van der Waals surface area contributed by atoms with Crippen molar-refractivity contribution in [1.82, 2.24) is 0 Å². The largest absolute Gasteiger partial charge is 0.381 e. The Labute approximate surface area is 277 Å². The SMILES string of the molecule is C#Cc1cc(C)c(C2C(=O)[C@H]3CC(C4COCCC4CC4CC(=O)C(c5c(C)cc(C#CCl)cc5C)C(=O)C4)[C@@H](C3)C2=O)c(C)c1. The van der Waals surface area contributed by atoms with Gasteiger partial charge in [-0.25, -0.2) is 0 Å². The molecule has 1 saturated heterocycles. The van der Waals surface area contributed by atoms with Gasteiger partial charge in [0.2, 0.25) is 0 Å². The van der Waals surface area contributed by atoms with Gasteiger partial charge in [-0.1, -0.05) is 5.92 Å². The fraction of sp³-hybridized carbons (Fsp3) is 0.500. The molecule has 2 aromatic carbocycles. The topological polar surface area (TPSA) is 77.5 Å². The summed E-state index contributed by atoms with van der Waals surface area (Å²) in [5, 5.41) is 2.40. The van der Waals surface area contributed by atoms with Crippen molar-refractivity contribution in [2.75, 3.05) is 13.2 Å². The molecule has 1 heterocycles. The Morgan fingerprint density at radius 1 is 0.804 bits per heavy atom. The number of carbonyl (C=O) groups excluding carboxylic acids is 4. The summed E-state index contributed by atoms with van der Waals surface area (Å²) in [6, 6.07) is 7.57. The number of ketones is 4. The lowest BCUT2D eigenvalue weighted by Gasteiger charge is -2.40. The number of terminal acetylenes is 1. The van der Waals surface area contributed by atoms with E-state index in [1.54, 1.807) is 0 Å². The highest BCUT2D eigenvalue weighted by Crippen LogP contribution is 2.53. The van der Waals surface area contributed by atoms with Crippen LogP contribution in [0.1, 0.15) is 94.9 Å². The number of fused-ring (bicyclic) bond motifs is 2. The molecule has 0 spiro atoms. The minimum atomic E-state index is -0.740. The number of benzene rings is 2. The quantitative estimate of drug-likeness (QED) is 0.270. The van der Waals surface area contributed by atoms with Crippen molar-refractivity contribution in [3.8, 4) is 23.6 Å². The molecule has 3 aliphatic carbocycles. The normalized spacial score (nSPS) is 31.0. The lowest BCUT2D eigenvalue weighted by atomic mass is 9.66. The van der Waals surface area contributed by atoms with Gasteiger partial charge in [-0.15, -0.1) is 6.42 Å². The van der Waals surface area contributed by atoms with Crippen LogP contribution in [-0.2, 0) is 23.9 Å². The van der Waals surface area contributed by atoms with E-state index in [9.17, 15) is 19.2 Å². The van der Waals surface area contributed by atoms with E-state index >= 15 is 0 Å². The summed E-state index contributed by atoms with van der Waals surface area (Å²) in [5.41, 5.74) is 6.69. The van der Waals surface area contributed by atoms with Crippen LogP contribution in [0.2, 0.25) is 0 Å². The zero-order valence-electron chi connectivity index (χ0n) is 27.1. The fourth-order valence-electron chi connectivity index (χ4n) is 9.59. The highest BCUT2D eigenvalue weighted by atomic mass is 35.5. The Hall–Kier alpha value is -3.51. The van der Waals surface area contributed by atoms with Crippen molar-refractivity contribution in [3.05, 3.63) is 68.8 Å². The number of carbonyl (C=O) groups is 4. The van der Waals surface area contributed by atoms with Crippen LogP contribution >= 0.6 is 11.6 Å². The van der Waals surface area contributed by atoms with Gasteiger partial charge in [-0.2, -0.15) is 0 Å². The first-order valence-electron chi connectivity index (χ1n) is 16.5. The molecule has 0 amide bonds. The second kappa shape index (κ2) is 12.9. The Morgan fingerprint density at radius 2 is 1.39 bits per heavy atom. The minimum Gasteiger partial charge on any atom is -0.381 e. The standard InChI is InChI=1S/C40H41ClO5/c1-6-25-11-21(2)36(22(3)12-25)38-39(44)29-18-30(31(19-29)40(38)45)32-20-46-10-8-28(32)15-27-16-33(42)37(34(43)17-27)35-23(4)13-26(7-9-41)14-24(35)5/h1,11-14,27-32,37-38H,8,10,15-20H2,2-5H3/t27?,28?,29-,30?,31+,32?,37?,38?/m0/s1. The molecule has 238 valence electrons. The van der Waals surface area contributed by atoms with E-state index in [4.69, 9.17) is 22.8 Å². The van der Waals surface area contributed by atoms with Gasteiger partial charge in [0.05, 0.1) is 0 Å². The van der Waals surface area contributed by atoms with E-state index in [0.717, 1.165) is 57.3 Å². The Kier molecular flexibility index (Phi) is 9.13. The molecule has 6 heteroatoms. The lowest BCUT2D eigenvalue weighted by molar-refractivity contribution is -0.137. The van der Waals surface area contributed by atoms with Crippen LogP contribution in [0.25, 0.3) is 0 Å². The van der Waals surface area contributed by atoms with Gasteiger partial charge < -0.3 is 4.74 Å². The average Bonchev–Trinajstić information content (AvgIpc) is 3.41. The van der Waals surface area contributed by atoms with E-state index in [0.29, 0.717) is 38.9 Å². The first kappa shape index (κ1) is 32.4. The second-order valence-electron chi connectivity index (χ2n) is 14.3. The van der Waals surface area contributed by atoms with Crippen molar-refractivity contribution in [2.45, 2.75) is 78.1 Å². The molecule has 4 unspecified atom stereocenters. The zero-order chi connectivity index (χ0) is 32.9. The van der Waals surface area contributed by atoms with Crippen LogP contribution in [0.5, 0.6) is 0 Å². The van der Waals surface area contributed by atoms with Crippen LogP contribution in [-0.4, -0.2) is 36.3 Å². The number of ether oxygens (including phenoxy) is 1. The number of hydrogen-bond acceptors (Lipinski definition) is 5. The number of rotatable bonds is 5. The molecular formula is C40H41ClO5. The van der Waals surface area contributed by atoms with Crippen molar-refractivity contribution in [2.24, 2.45) is 35.5 Å². The molecule has 4 aliphatic rings. The maximum absolute atomic E-state index is 14.2. The van der Waals surface area contributed by atoms with Crippen LogP contribution in [0.3, 0.4) is 0 Å². The number of hydrogen-bond donors (Lipinski definition) is 0. The molecule has 1 aliphatic heterocycles. The van der Waals surface area contributed by atoms with E-state index < -0.39 is 11.8 Å². The van der Waals surface area contributed by atoms with Gasteiger partial charge in [0.15, 0.2) is 11.6 Å². The Bertz CT molecular complexity index is 1670. The van der Waals surface area contributed by atoms with Crippen molar-refractivity contribution < 1.29 is 23.9 Å². The number of halogens is 1. The molecule has 4 fully saturated rings. The molecule has 46 heavy (non-hydrogen) atoms. The van der Waals surface area contributed by atoms with Crippen molar-refractivity contribution in [3.63, 3.8) is 0 Å². The molecule has 2 aromatic rings. The summed E-state index contributed by atoms with van der Waals surface area (Å²) < 4.78 is 6.00. The van der Waals surface area contributed by atoms with Crippen LogP contribution < -0.4 is 0 Å². The predicted octanol–water partition coefficient (Wildman–Crippen LogP) is 6.70. The highest BCUT2D eigenvalue weighted by Gasteiger charge is 2.55. The van der Waals surface area contributed by atoms with Gasteiger partial charge in [0, 0.05) is 54.4 Å². The number of aryl methyl sites for hydroxylation is 4. The molecule has 6 rings (SSSR count). The smallest absolute Gasteiger partial charge is 0.151 e. The van der Waals surface area contributed by atoms with Crippen LogP contribution in [0.15, 0.2) is 24.3 Å². The Balaban J connectivity index is 1.19. The average molecular weight is 637 g/mol. The van der Waals surface area contributed by atoms with E-state index in [2.05, 4.69) is 17.2 Å². The summed E-state index contributed by atoms with van der Waals surface area (Å²) in [4.78, 5) is 55.2. The van der Waals surface area contributed by atoms with Gasteiger partial charge in [-0.05, 0) is 152 Å². The molecule has 0 radical (unpaired) electrons. The maximum atomic E-state index is 14.2. The number of Topliss-reactive ketones (excluding diaryl/α,β-unsaturated/α-hetero) is 4. The molecule has 5 nitrogen and oxygen atoms in total. The Morgan fingerprint density at radius 3 is 1.98 bits per heavy atom. The molecule has 6 atom stereocenters. The van der Waals surface area contributed by atoms with Gasteiger partial charge >= 0.3 is 0 Å². The molecule has 2 bridgehead atoms. The van der Waals surface area contributed by atoms with Gasteiger partial charge in [-0.3, -0.25) is 19.2 Å². The first-order valence-corrected chi connectivity index (χ1v) is 16.9. The summed E-state index contributed by atoms with van der Waals surface area (Å²) in [7, 11) is 0. The van der Waals surface area contributed by atoms with Gasteiger partial charge in [0.25, 0.3) is 0 Å². The molecule has 0 aromatic heterocycles. The third-order valence-corrected chi connectivity index (χ3v) is 11.5. The predicted molar refractivity (Wildman–Crippen MR) is 177 cm³/mol. The molecule has 3 saturated carbocycles. The third-order valence-electron chi connectivity index (χ3n) is 11.4. The van der Waals surface area contributed by atoms with Crippen molar-refractivity contribution in [1.29, 1.82) is 0 Å². The monoisotopic (exact) mass is 636 g/mol. The molecule has 0 N–H and O–H groups in total. The minimum absolute atomic E-state index is 0.0193. The van der Waals surface area contributed by atoms with E-state index in [1.807, 2.05) is 52.0 Å². The summed E-state index contributed by atoms with van der Waals surface area (Å²) in [6.07, 6.45) is 9.27. The summed E-state index contributed by atoms with van der Waals surface area (Å²) in [5.74, 6) is 4.13.